The molecule has 2 amide bonds. The number of hydrogen-bond acceptors (Lipinski definition) is 2. The number of piperazine rings is 1. The van der Waals surface area contributed by atoms with Crippen molar-refractivity contribution < 1.29 is 9.59 Å². The largest absolute Gasteiger partial charge is 0.365 e. The quantitative estimate of drug-likeness (QED) is 0.903. The summed E-state index contributed by atoms with van der Waals surface area (Å²) in [6, 6.07) is 12.1. The van der Waals surface area contributed by atoms with Crippen LogP contribution in [0.1, 0.15) is 37.6 Å². The van der Waals surface area contributed by atoms with Gasteiger partial charge in [-0.1, -0.05) is 45.0 Å². The van der Waals surface area contributed by atoms with E-state index < -0.39 is 0 Å². The smallest absolute Gasteiger partial charge is 0.228 e. The Kier molecular flexibility index (Phi) is 5.68. The van der Waals surface area contributed by atoms with Crippen molar-refractivity contribution in [1.29, 1.82) is 0 Å². The third-order valence-electron chi connectivity index (χ3n) is 5.16. The topological polar surface area (TPSA) is 56.4 Å². The Hall–Kier alpha value is -2.56. The van der Waals surface area contributed by atoms with E-state index in [1.54, 1.807) is 0 Å². The van der Waals surface area contributed by atoms with E-state index in [1.807, 2.05) is 28.1 Å². The Morgan fingerprint density at radius 3 is 1.93 bits per heavy atom. The fourth-order valence-electron chi connectivity index (χ4n) is 3.37. The van der Waals surface area contributed by atoms with Crippen molar-refractivity contribution in [3.63, 3.8) is 0 Å². The van der Waals surface area contributed by atoms with E-state index in [-0.39, 0.29) is 17.2 Å². The SMILES string of the molecule is CC(C)(C)c1ccc(CC(=O)N2CCN(C(=O)Cc3ccc[nH]3)CC2)cc1. The molecule has 1 aliphatic rings. The van der Waals surface area contributed by atoms with Gasteiger partial charge in [0, 0.05) is 38.1 Å². The van der Waals surface area contributed by atoms with Gasteiger partial charge in [-0.2, -0.15) is 0 Å². The number of H-pyrrole nitrogens is 1. The maximum absolute atomic E-state index is 12.6. The van der Waals surface area contributed by atoms with Gasteiger partial charge in [0.15, 0.2) is 0 Å². The third-order valence-corrected chi connectivity index (χ3v) is 5.16. The van der Waals surface area contributed by atoms with Gasteiger partial charge in [-0.25, -0.2) is 0 Å². The number of aromatic amines is 1. The van der Waals surface area contributed by atoms with E-state index in [0.29, 0.717) is 39.0 Å². The fraction of sp³-hybridized carbons (Fsp3) is 0.455. The summed E-state index contributed by atoms with van der Waals surface area (Å²) >= 11 is 0. The van der Waals surface area contributed by atoms with Gasteiger partial charge >= 0.3 is 0 Å². The Morgan fingerprint density at radius 1 is 0.889 bits per heavy atom. The van der Waals surface area contributed by atoms with Crippen LogP contribution in [-0.4, -0.2) is 52.8 Å². The zero-order chi connectivity index (χ0) is 19.4. The lowest BCUT2D eigenvalue weighted by atomic mass is 9.86. The molecule has 144 valence electrons. The molecule has 1 aromatic carbocycles. The number of rotatable bonds is 4. The van der Waals surface area contributed by atoms with Crippen molar-refractivity contribution in [2.24, 2.45) is 0 Å². The molecule has 0 aliphatic carbocycles. The van der Waals surface area contributed by atoms with Gasteiger partial charge in [0.1, 0.15) is 0 Å². The lowest BCUT2D eigenvalue weighted by Gasteiger charge is -2.35. The van der Waals surface area contributed by atoms with E-state index in [2.05, 4.69) is 50.0 Å². The van der Waals surface area contributed by atoms with Crippen LogP contribution in [-0.2, 0) is 27.8 Å². The molecule has 0 saturated carbocycles. The van der Waals surface area contributed by atoms with Crippen molar-refractivity contribution in [3.05, 3.63) is 59.4 Å². The van der Waals surface area contributed by atoms with Crippen LogP contribution in [0.25, 0.3) is 0 Å². The van der Waals surface area contributed by atoms with Crippen molar-refractivity contribution in [2.75, 3.05) is 26.2 Å². The van der Waals surface area contributed by atoms with Crippen molar-refractivity contribution in [2.45, 2.75) is 39.0 Å². The highest BCUT2D eigenvalue weighted by molar-refractivity contribution is 5.80. The minimum atomic E-state index is 0.113. The van der Waals surface area contributed by atoms with Gasteiger partial charge in [0.25, 0.3) is 0 Å². The molecule has 1 saturated heterocycles. The molecule has 0 unspecified atom stereocenters. The zero-order valence-corrected chi connectivity index (χ0v) is 16.5. The first kappa shape index (κ1) is 19.2. The van der Waals surface area contributed by atoms with Crippen molar-refractivity contribution in [3.8, 4) is 0 Å². The number of carbonyl (C=O) groups is 2. The van der Waals surface area contributed by atoms with Gasteiger partial charge in [-0.05, 0) is 28.7 Å². The molecule has 5 nitrogen and oxygen atoms in total. The van der Waals surface area contributed by atoms with Crippen LogP contribution < -0.4 is 0 Å². The maximum Gasteiger partial charge on any atom is 0.228 e. The molecule has 1 fully saturated rings. The van der Waals surface area contributed by atoms with E-state index >= 15 is 0 Å². The number of hydrogen-bond donors (Lipinski definition) is 1. The molecule has 0 atom stereocenters. The highest BCUT2D eigenvalue weighted by atomic mass is 16.2. The van der Waals surface area contributed by atoms with E-state index in [9.17, 15) is 9.59 Å². The third kappa shape index (κ3) is 5.00. The Bertz CT molecular complexity index is 765. The normalized spacial score (nSPS) is 15.1. The van der Waals surface area contributed by atoms with E-state index in [1.165, 1.54) is 5.56 Å². The van der Waals surface area contributed by atoms with Crippen LogP contribution in [0.15, 0.2) is 42.6 Å². The van der Waals surface area contributed by atoms with Gasteiger partial charge in [0.05, 0.1) is 12.8 Å². The first-order valence-electron chi connectivity index (χ1n) is 9.60. The molecule has 3 rings (SSSR count). The summed E-state index contributed by atoms with van der Waals surface area (Å²) in [5, 5.41) is 0. The number of aromatic nitrogens is 1. The van der Waals surface area contributed by atoms with Crippen LogP contribution in [0.2, 0.25) is 0 Å². The van der Waals surface area contributed by atoms with Gasteiger partial charge in [0.2, 0.25) is 11.8 Å². The van der Waals surface area contributed by atoms with Crippen LogP contribution in [0.5, 0.6) is 0 Å². The fourth-order valence-corrected chi connectivity index (χ4v) is 3.37. The Balaban J connectivity index is 1.49. The molecular weight excluding hydrogens is 338 g/mol. The van der Waals surface area contributed by atoms with Crippen LogP contribution in [0.4, 0.5) is 0 Å². The van der Waals surface area contributed by atoms with Gasteiger partial charge in [-0.3, -0.25) is 9.59 Å². The lowest BCUT2D eigenvalue weighted by molar-refractivity contribution is -0.138. The summed E-state index contributed by atoms with van der Waals surface area (Å²) < 4.78 is 0. The second-order valence-corrected chi connectivity index (χ2v) is 8.26. The average Bonchev–Trinajstić information content (AvgIpc) is 3.14. The maximum atomic E-state index is 12.6. The molecule has 0 radical (unpaired) electrons. The monoisotopic (exact) mass is 367 g/mol. The number of benzene rings is 1. The Morgan fingerprint density at radius 2 is 1.44 bits per heavy atom. The van der Waals surface area contributed by atoms with E-state index in [4.69, 9.17) is 0 Å². The predicted molar refractivity (Wildman–Crippen MR) is 107 cm³/mol. The molecule has 1 aromatic heterocycles. The standard InChI is InChI=1S/C22H29N3O2/c1-22(2,3)18-8-6-17(7-9-18)15-20(26)24-11-13-25(14-12-24)21(27)16-19-5-4-10-23-19/h4-10,23H,11-16H2,1-3H3. The average molecular weight is 367 g/mol. The predicted octanol–water partition coefficient (Wildman–Crippen LogP) is 2.77. The van der Waals surface area contributed by atoms with Gasteiger partial charge < -0.3 is 14.8 Å². The minimum Gasteiger partial charge on any atom is -0.365 e. The number of nitrogens with one attached hydrogen (secondary N) is 1. The second kappa shape index (κ2) is 7.99. The first-order valence-corrected chi connectivity index (χ1v) is 9.60. The van der Waals surface area contributed by atoms with Crippen LogP contribution in [0, 0.1) is 0 Å². The number of carbonyl (C=O) groups excluding carboxylic acids is 2. The highest BCUT2D eigenvalue weighted by Crippen LogP contribution is 2.22. The summed E-state index contributed by atoms with van der Waals surface area (Å²) in [6.07, 6.45) is 2.63. The number of nitrogens with zero attached hydrogens (tertiary/aromatic N) is 2. The summed E-state index contributed by atoms with van der Waals surface area (Å²) in [4.78, 5) is 31.7. The van der Waals surface area contributed by atoms with Crippen LogP contribution in [0.3, 0.4) is 0 Å². The second-order valence-electron chi connectivity index (χ2n) is 8.26. The molecule has 2 aromatic rings. The summed E-state index contributed by atoms with van der Waals surface area (Å²) in [6.45, 7) is 8.98. The number of amides is 2. The molecule has 27 heavy (non-hydrogen) atoms. The summed E-state index contributed by atoms with van der Waals surface area (Å²) in [5.74, 6) is 0.247. The summed E-state index contributed by atoms with van der Waals surface area (Å²) in [5.41, 5.74) is 3.36. The molecule has 1 aliphatic heterocycles. The molecule has 5 heteroatoms. The lowest BCUT2D eigenvalue weighted by Crippen LogP contribution is -2.51. The highest BCUT2D eigenvalue weighted by Gasteiger charge is 2.24. The molecular formula is C22H29N3O2. The first-order chi connectivity index (χ1) is 12.8. The van der Waals surface area contributed by atoms with Crippen LogP contribution >= 0.6 is 0 Å². The van der Waals surface area contributed by atoms with Gasteiger partial charge in [-0.15, -0.1) is 0 Å². The molecule has 2 heterocycles. The Labute approximate surface area is 161 Å². The molecule has 0 spiro atoms. The van der Waals surface area contributed by atoms with E-state index in [0.717, 1.165) is 11.3 Å². The molecule has 1 N–H and O–H groups in total. The zero-order valence-electron chi connectivity index (χ0n) is 16.5. The molecule has 0 bridgehead atoms. The minimum absolute atomic E-state index is 0.113. The van der Waals surface area contributed by atoms with Crippen molar-refractivity contribution >= 4 is 11.8 Å². The summed E-state index contributed by atoms with van der Waals surface area (Å²) in [7, 11) is 0. The van der Waals surface area contributed by atoms with Crippen molar-refractivity contribution in [1.82, 2.24) is 14.8 Å².